The first kappa shape index (κ1) is 20.6. The summed E-state index contributed by atoms with van der Waals surface area (Å²) in [6.45, 7) is 2.08. The Labute approximate surface area is 133 Å². The van der Waals surface area contributed by atoms with Crippen molar-refractivity contribution in [1.29, 1.82) is 0 Å². The maximum absolute atomic E-state index is 11.7. The number of hydrogen-bond donors (Lipinski definition) is 2. The van der Waals surface area contributed by atoms with Crippen LogP contribution in [0.4, 0.5) is 0 Å². The van der Waals surface area contributed by atoms with Gasteiger partial charge in [0.25, 0.3) is 0 Å². The summed E-state index contributed by atoms with van der Waals surface area (Å²) in [6.07, 6.45) is 14.3. The maximum atomic E-state index is 11.7. The molecule has 0 aliphatic heterocycles. The molecule has 0 radical (unpaired) electrons. The molecule has 0 aliphatic rings. The summed E-state index contributed by atoms with van der Waals surface area (Å²) in [5.41, 5.74) is 0. The first-order chi connectivity index (χ1) is 10.6. The highest BCUT2D eigenvalue weighted by atomic mass is 16.4. The molecule has 126 valence electrons. The van der Waals surface area contributed by atoms with Crippen molar-refractivity contribution in [3.63, 3.8) is 0 Å². The highest BCUT2D eigenvalue weighted by Crippen LogP contribution is 2.09. The van der Waals surface area contributed by atoms with E-state index in [0.717, 1.165) is 44.9 Å². The molecule has 0 spiro atoms. The van der Waals surface area contributed by atoms with E-state index in [1.54, 1.807) is 0 Å². The van der Waals surface area contributed by atoms with Gasteiger partial charge in [0.2, 0.25) is 0 Å². The van der Waals surface area contributed by atoms with E-state index in [1.807, 2.05) is 6.08 Å². The van der Waals surface area contributed by atoms with Gasteiger partial charge in [-0.05, 0) is 38.2 Å². The van der Waals surface area contributed by atoms with Crippen molar-refractivity contribution >= 4 is 11.8 Å². The Morgan fingerprint density at radius 3 is 2.27 bits per heavy atom. The van der Waals surface area contributed by atoms with Crippen LogP contribution in [-0.2, 0) is 9.59 Å². The maximum Gasteiger partial charge on any atom is 0.303 e. The minimum absolute atomic E-state index is 0.217. The average Bonchev–Trinajstić information content (AvgIpc) is 2.49. The molecule has 4 heteroatoms. The van der Waals surface area contributed by atoms with Gasteiger partial charge >= 0.3 is 5.97 Å². The molecule has 0 saturated carbocycles. The van der Waals surface area contributed by atoms with Gasteiger partial charge in [-0.1, -0.05) is 50.8 Å². The number of aliphatic carboxylic acids is 1. The average molecular weight is 310 g/mol. The predicted molar refractivity (Wildman–Crippen MR) is 88.8 cm³/mol. The molecule has 0 bridgehead atoms. The number of carbonyl (C=O) groups excluding carboxylic acids is 1. The highest BCUT2D eigenvalue weighted by molar-refractivity contribution is 5.93. The fraction of sp³-hybridized carbons (Fsp3) is 0.667. The standard InChI is InChI=1S/C18H30O4/c1-2-3-4-5-7-10-13-16(19)17(20)14-11-8-6-9-12-15-18(21)22/h3-4,10,13,17,20H,2,5-9,11-12,14-15H2,1H3,(H,21,22)/b4-3-,13-10+. The number of ketones is 1. The molecule has 4 nitrogen and oxygen atoms in total. The molecule has 1 atom stereocenters. The van der Waals surface area contributed by atoms with E-state index in [1.165, 1.54) is 6.08 Å². The molecule has 0 aliphatic carbocycles. The molecule has 0 rings (SSSR count). The second-order valence-corrected chi connectivity index (χ2v) is 5.48. The summed E-state index contributed by atoms with van der Waals surface area (Å²) in [7, 11) is 0. The van der Waals surface area contributed by atoms with Crippen LogP contribution in [0.2, 0.25) is 0 Å². The van der Waals surface area contributed by atoms with E-state index in [9.17, 15) is 14.7 Å². The molecular formula is C18H30O4. The largest absolute Gasteiger partial charge is 0.481 e. The molecule has 0 saturated heterocycles. The summed E-state index contributed by atoms with van der Waals surface area (Å²) in [5.74, 6) is -0.969. The van der Waals surface area contributed by atoms with Crippen molar-refractivity contribution in [2.75, 3.05) is 0 Å². The van der Waals surface area contributed by atoms with E-state index >= 15 is 0 Å². The van der Waals surface area contributed by atoms with Crippen molar-refractivity contribution in [2.24, 2.45) is 0 Å². The lowest BCUT2D eigenvalue weighted by molar-refractivity contribution is -0.137. The minimum atomic E-state index is -0.901. The van der Waals surface area contributed by atoms with Crippen molar-refractivity contribution in [3.8, 4) is 0 Å². The van der Waals surface area contributed by atoms with Gasteiger partial charge in [0.05, 0.1) is 0 Å². The Balaban J connectivity index is 3.59. The van der Waals surface area contributed by atoms with Crippen LogP contribution in [-0.4, -0.2) is 28.1 Å². The van der Waals surface area contributed by atoms with Crippen LogP contribution in [0.15, 0.2) is 24.3 Å². The van der Waals surface area contributed by atoms with Gasteiger partial charge in [0.15, 0.2) is 5.78 Å². The van der Waals surface area contributed by atoms with Crippen LogP contribution >= 0.6 is 0 Å². The predicted octanol–water partition coefficient (Wildman–Crippen LogP) is 4.03. The summed E-state index contributed by atoms with van der Waals surface area (Å²) in [4.78, 5) is 22.0. The number of allylic oxidation sites excluding steroid dienone is 3. The molecule has 0 aromatic heterocycles. The topological polar surface area (TPSA) is 74.6 Å². The molecule has 1 unspecified atom stereocenters. The SMILES string of the molecule is CC/C=C\CC/C=C/C(=O)C(O)CCCCCCCC(=O)O. The molecule has 2 N–H and O–H groups in total. The number of rotatable bonds is 14. The molecule has 0 amide bonds. The van der Waals surface area contributed by atoms with Crippen molar-refractivity contribution in [3.05, 3.63) is 24.3 Å². The molecule has 0 aromatic carbocycles. The number of aliphatic hydroxyl groups excluding tert-OH is 1. The van der Waals surface area contributed by atoms with E-state index in [-0.39, 0.29) is 12.2 Å². The monoisotopic (exact) mass is 310 g/mol. The fourth-order valence-corrected chi connectivity index (χ4v) is 2.07. The zero-order valence-electron chi connectivity index (χ0n) is 13.7. The fourth-order valence-electron chi connectivity index (χ4n) is 2.07. The van der Waals surface area contributed by atoms with Crippen LogP contribution in [0.5, 0.6) is 0 Å². The van der Waals surface area contributed by atoms with E-state index in [0.29, 0.717) is 12.8 Å². The third-order valence-corrected chi connectivity index (χ3v) is 3.38. The third kappa shape index (κ3) is 13.6. The Kier molecular flexibility index (Phi) is 13.6. The zero-order valence-corrected chi connectivity index (χ0v) is 13.7. The molecule has 0 heterocycles. The van der Waals surface area contributed by atoms with Gasteiger partial charge in [0, 0.05) is 6.42 Å². The first-order valence-corrected chi connectivity index (χ1v) is 8.33. The van der Waals surface area contributed by atoms with Gasteiger partial charge in [-0.25, -0.2) is 0 Å². The van der Waals surface area contributed by atoms with Crippen molar-refractivity contribution in [2.45, 2.75) is 77.2 Å². The van der Waals surface area contributed by atoms with Crippen LogP contribution in [0.1, 0.15) is 71.1 Å². The summed E-state index contributed by atoms with van der Waals surface area (Å²) in [6, 6.07) is 0. The van der Waals surface area contributed by atoms with E-state index < -0.39 is 12.1 Å². The number of carbonyl (C=O) groups is 2. The van der Waals surface area contributed by atoms with Gasteiger partial charge in [-0.3, -0.25) is 9.59 Å². The Morgan fingerprint density at radius 1 is 0.955 bits per heavy atom. The minimum Gasteiger partial charge on any atom is -0.481 e. The molecule has 0 aromatic rings. The molecular weight excluding hydrogens is 280 g/mol. The van der Waals surface area contributed by atoms with Crippen LogP contribution in [0.3, 0.4) is 0 Å². The molecule has 0 fully saturated rings. The van der Waals surface area contributed by atoms with E-state index in [4.69, 9.17) is 5.11 Å². The molecule has 22 heavy (non-hydrogen) atoms. The number of hydrogen-bond acceptors (Lipinski definition) is 3. The van der Waals surface area contributed by atoms with Gasteiger partial charge < -0.3 is 10.2 Å². The lowest BCUT2D eigenvalue weighted by Crippen LogP contribution is -2.17. The van der Waals surface area contributed by atoms with Crippen molar-refractivity contribution < 1.29 is 19.8 Å². The third-order valence-electron chi connectivity index (χ3n) is 3.38. The normalized spacial score (nSPS) is 13.0. The van der Waals surface area contributed by atoms with Crippen LogP contribution in [0, 0.1) is 0 Å². The summed E-state index contributed by atoms with van der Waals surface area (Å²) < 4.78 is 0. The van der Waals surface area contributed by atoms with Crippen LogP contribution < -0.4 is 0 Å². The second-order valence-electron chi connectivity index (χ2n) is 5.48. The zero-order chi connectivity index (χ0) is 16.6. The Morgan fingerprint density at radius 2 is 1.59 bits per heavy atom. The quantitative estimate of drug-likeness (QED) is 0.288. The van der Waals surface area contributed by atoms with Gasteiger partial charge in [-0.2, -0.15) is 0 Å². The van der Waals surface area contributed by atoms with Gasteiger partial charge in [0.1, 0.15) is 6.10 Å². The number of carboxylic acid groups (broad SMARTS) is 1. The number of carboxylic acids is 1. The summed E-state index contributed by atoms with van der Waals surface area (Å²) in [5, 5.41) is 18.2. The summed E-state index contributed by atoms with van der Waals surface area (Å²) >= 11 is 0. The first-order valence-electron chi connectivity index (χ1n) is 8.33. The lowest BCUT2D eigenvalue weighted by atomic mass is 10.0. The Bertz CT molecular complexity index is 358. The lowest BCUT2D eigenvalue weighted by Gasteiger charge is -2.06. The number of unbranched alkanes of at least 4 members (excludes halogenated alkanes) is 5. The van der Waals surface area contributed by atoms with E-state index in [2.05, 4.69) is 19.1 Å². The van der Waals surface area contributed by atoms with Gasteiger partial charge in [-0.15, -0.1) is 0 Å². The smallest absolute Gasteiger partial charge is 0.303 e. The number of aliphatic hydroxyl groups is 1. The van der Waals surface area contributed by atoms with Crippen LogP contribution in [0.25, 0.3) is 0 Å². The highest BCUT2D eigenvalue weighted by Gasteiger charge is 2.10. The van der Waals surface area contributed by atoms with Crippen molar-refractivity contribution in [1.82, 2.24) is 0 Å². The Hall–Kier alpha value is -1.42. The second kappa shape index (κ2) is 14.5.